The van der Waals surface area contributed by atoms with Gasteiger partial charge in [0.15, 0.2) is 6.10 Å². The van der Waals surface area contributed by atoms with E-state index in [2.05, 4.69) is 24.0 Å². The third-order valence-electron chi connectivity index (χ3n) is 4.30. The molecule has 0 saturated carbocycles. The number of hydrogen-bond acceptors (Lipinski definition) is 4. The maximum absolute atomic E-state index is 12.1. The van der Waals surface area contributed by atoms with E-state index in [0.29, 0.717) is 6.54 Å². The molecule has 2 aromatic rings. The Morgan fingerprint density at radius 1 is 1.38 bits per heavy atom. The number of benzene rings is 1. The summed E-state index contributed by atoms with van der Waals surface area (Å²) in [4.78, 5) is 23.8. The van der Waals surface area contributed by atoms with Gasteiger partial charge in [-0.2, -0.15) is 0 Å². The quantitative estimate of drug-likeness (QED) is 0.654. The molecule has 1 amide bonds. The summed E-state index contributed by atoms with van der Waals surface area (Å²) in [6.07, 6.45) is 5.74. The number of furan rings is 1. The Hall–Kier alpha value is -2.56. The molecule has 0 radical (unpaired) electrons. The molecule has 1 atom stereocenters. The SMILES string of the molecule is C=CCNC(=O)[C@@H](C)OC(=O)Cc1coc2cc3c(cc12)CCC3. The van der Waals surface area contributed by atoms with Crippen LogP contribution in [0.1, 0.15) is 30.0 Å². The summed E-state index contributed by atoms with van der Waals surface area (Å²) in [5.41, 5.74) is 4.26. The highest BCUT2D eigenvalue weighted by atomic mass is 16.5. The van der Waals surface area contributed by atoms with Crippen molar-refractivity contribution in [3.63, 3.8) is 0 Å². The summed E-state index contributed by atoms with van der Waals surface area (Å²) in [5.74, 6) is -0.780. The number of nitrogens with one attached hydrogen (secondary N) is 1. The Morgan fingerprint density at radius 2 is 2.12 bits per heavy atom. The van der Waals surface area contributed by atoms with E-state index in [4.69, 9.17) is 9.15 Å². The highest BCUT2D eigenvalue weighted by Crippen LogP contribution is 2.30. The van der Waals surface area contributed by atoms with Gasteiger partial charge >= 0.3 is 5.97 Å². The van der Waals surface area contributed by atoms with Crippen molar-refractivity contribution in [2.24, 2.45) is 0 Å². The Bertz CT molecular complexity index is 790. The van der Waals surface area contributed by atoms with Crippen LogP contribution in [0.4, 0.5) is 0 Å². The van der Waals surface area contributed by atoms with E-state index in [1.165, 1.54) is 11.1 Å². The predicted molar refractivity (Wildman–Crippen MR) is 90.7 cm³/mol. The van der Waals surface area contributed by atoms with Gasteiger partial charge in [-0.1, -0.05) is 6.08 Å². The maximum atomic E-state index is 12.1. The number of aryl methyl sites for hydroxylation is 2. The minimum absolute atomic E-state index is 0.0882. The van der Waals surface area contributed by atoms with Crippen LogP contribution in [0.2, 0.25) is 0 Å². The van der Waals surface area contributed by atoms with Crippen molar-refractivity contribution >= 4 is 22.8 Å². The summed E-state index contributed by atoms with van der Waals surface area (Å²) in [6, 6.07) is 4.18. The molecular formula is C19H21NO4. The molecule has 1 N–H and O–H groups in total. The van der Waals surface area contributed by atoms with E-state index in [0.717, 1.165) is 35.8 Å². The number of esters is 1. The van der Waals surface area contributed by atoms with E-state index in [1.54, 1.807) is 19.3 Å². The summed E-state index contributed by atoms with van der Waals surface area (Å²) >= 11 is 0. The van der Waals surface area contributed by atoms with Gasteiger partial charge in [0.25, 0.3) is 5.91 Å². The zero-order valence-corrected chi connectivity index (χ0v) is 13.8. The molecule has 3 rings (SSSR count). The molecule has 1 aromatic heterocycles. The lowest BCUT2D eigenvalue weighted by Gasteiger charge is -2.12. The van der Waals surface area contributed by atoms with Crippen LogP contribution in [-0.4, -0.2) is 24.5 Å². The monoisotopic (exact) mass is 327 g/mol. The average Bonchev–Trinajstić information content (AvgIpc) is 3.17. The number of hydrogen-bond donors (Lipinski definition) is 1. The summed E-state index contributed by atoms with van der Waals surface area (Å²) in [6.45, 7) is 5.42. The molecule has 0 saturated heterocycles. The molecule has 5 heteroatoms. The molecule has 0 spiro atoms. The average molecular weight is 327 g/mol. The fraction of sp³-hybridized carbons (Fsp3) is 0.368. The van der Waals surface area contributed by atoms with E-state index in [-0.39, 0.29) is 12.3 Å². The van der Waals surface area contributed by atoms with Gasteiger partial charge in [-0.15, -0.1) is 6.58 Å². The number of ether oxygens (including phenoxy) is 1. The number of carbonyl (C=O) groups is 2. The van der Waals surface area contributed by atoms with Crippen LogP contribution in [0.25, 0.3) is 11.0 Å². The van der Waals surface area contributed by atoms with Crippen LogP contribution in [0.15, 0.2) is 35.5 Å². The molecule has 0 unspecified atom stereocenters. The first-order valence-electron chi connectivity index (χ1n) is 8.18. The van der Waals surface area contributed by atoms with Gasteiger partial charge in [0.1, 0.15) is 5.58 Å². The van der Waals surface area contributed by atoms with Crippen LogP contribution in [0.3, 0.4) is 0 Å². The second kappa shape index (κ2) is 6.91. The van der Waals surface area contributed by atoms with E-state index in [1.807, 2.05) is 0 Å². The fourth-order valence-electron chi connectivity index (χ4n) is 3.05. The predicted octanol–water partition coefficient (Wildman–Crippen LogP) is 2.70. The van der Waals surface area contributed by atoms with Crippen molar-refractivity contribution < 1.29 is 18.7 Å². The van der Waals surface area contributed by atoms with Gasteiger partial charge in [0, 0.05) is 17.5 Å². The van der Waals surface area contributed by atoms with Crippen LogP contribution in [-0.2, 0) is 33.6 Å². The number of amides is 1. The molecule has 126 valence electrons. The van der Waals surface area contributed by atoms with Crippen LogP contribution in [0.5, 0.6) is 0 Å². The lowest BCUT2D eigenvalue weighted by Crippen LogP contribution is -2.36. The first-order chi connectivity index (χ1) is 11.6. The van der Waals surface area contributed by atoms with E-state index >= 15 is 0 Å². The van der Waals surface area contributed by atoms with Gasteiger partial charge in [-0.3, -0.25) is 9.59 Å². The zero-order valence-electron chi connectivity index (χ0n) is 13.8. The van der Waals surface area contributed by atoms with E-state index in [9.17, 15) is 9.59 Å². The molecule has 0 bridgehead atoms. The van der Waals surface area contributed by atoms with Gasteiger partial charge in [0.2, 0.25) is 0 Å². The van der Waals surface area contributed by atoms with Crippen molar-refractivity contribution in [2.45, 2.75) is 38.7 Å². The minimum Gasteiger partial charge on any atom is -0.464 e. The summed E-state index contributed by atoms with van der Waals surface area (Å²) < 4.78 is 10.8. The maximum Gasteiger partial charge on any atom is 0.311 e. The van der Waals surface area contributed by atoms with Crippen molar-refractivity contribution in [1.82, 2.24) is 5.32 Å². The highest BCUT2D eigenvalue weighted by Gasteiger charge is 2.20. The Kier molecular flexibility index (Phi) is 4.69. The Labute approximate surface area is 140 Å². The van der Waals surface area contributed by atoms with Crippen molar-refractivity contribution in [1.29, 1.82) is 0 Å². The second-order valence-electron chi connectivity index (χ2n) is 6.07. The molecular weight excluding hydrogens is 306 g/mol. The minimum atomic E-state index is -0.833. The van der Waals surface area contributed by atoms with Gasteiger partial charge in [-0.05, 0) is 49.4 Å². The van der Waals surface area contributed by atoms with Crippen molar-refractivity contribution in [3.8, 4) is 0 Å². The topological polar surface area (TPSA) is 68.5 Å². The smallest absolute Gasteiger partial charge is 0.311 e. The Balaban J connectivity index is 1.67. The third kappa shape index (κ3) is 3.35. The largest absolute Gasteiger partial charge is 0.464 e. The molecule has 1 heterocycles. The summed E-state index contributed by atoms with van der Waals surface area (Å²) in [5, 5.41) is 3.56. The van der Waals surface area contributed by atoms with Crippen LogP contribution < -0.4 is 5.32 Å². The molecule has 24 heavy (non-hydrogen) atoms. The number of carbonyl (C=O) groups excluding carboxylic acids is 2. The molecule has 0 fully saturated rings. The lowest BCUT2D eigenvalue weighted by molar-refractivity contribution is -0.154. The molecule has 1 aliphatic carbocycles. The van der Waals surface area contributed by atoms with Crippen molar-refractivity contribution in [2.75, 3.05) is 6.54 Å². The van der Waals surface area contributed by atoms with E-state index < -0.39 is 12.1 Å². The summed E-state index contributed by atoms with van der Waals surface area (Å²) in [7, 11) is 0. The first-order valence-corrected chi connectivity index (χ1v) is 8.18. The Morgan fingerprint density at radius 3 is 2.88 bits per heavy atom. The third-order valence-corrected chi connectivity index (χ3v) is 4.30. The van der Waals surface area contributed by atoms with Gasteiger partial charge < -0.3 is 14.5 Å². The van der Waals surface area contributed by atoms with Gasteiger partial charge in [0.05, 0.1) is 12.7 Å². The lowest BCUT2D eigenvalue weighted by atomic mass is 10.0. The fourth-order valence-corrected chi connectivity index (χ4v) is 3.05. The van der Waals surface area contributed by atoms with Crippen molar-refractivity contribution in [3.05, 3.63) is 47.7 Å². The van der Waals surface area contributed by atoms with Gasteiger partial charge in [-0.25, -0.2) is 0 Å². The molecule has 1 aliphatic rings. The second-order valence-corrected chi connectivity index (χ2v) is 6.07. The normalized spacial score (nSPS) is 14.2. The van der Waals surface area contributed by atoms with Crippen LogP contribution >= 0.6 is 0 Å². The molecule has 0 aliphatic heterocycles. The standard InChI is InChI=1S/C19H21NO4/c1-3-7-20-19(22)12(2)24-18(21)10-15-11-23-17-9-14-6-4-5-13(14)8-16(15)17/h3,8-9,11-12H,1,4-7,10H2,2H3,(H,20,22)/t12-/m1/s1. The number of fused-ring (bicyclic) bond motifs is 2. The van der Waals surface area contributed by atoms with Crippen LogP contribution in [0, 0.1) is 0 Å². The zero-order chi connectivity index (χ0) is 17.1. The highest BCUT2D eigenvalue weighted by molar-refractivity contribution is 5.88. The number of rotatable bonds is 6. The molecule has 1 aromatic carbocycles. The first kappa shape index (κ1) is 16.3. The molecule has 5 nitrogen and oxygen atoms in total.